The summed E-state index contributed by atoms with van der Waals surface area (Å²) in [5.41, 5.74) is 0. The lowest BCUT2D eigenvalue weighted by atomic mass is 10.2. The molecule has 11 heavy (non-hydrogen) atoms. The minimum Gasteiger partial charge on any atom is -0.299 e. The molecule has 0 unspecified atom stereocenters. The van der Waals surface area contributed by atoms with E-state index in [1.165, 1.54) is 0 Å². The highest BCUT2D eigenvalue weighted by Crippen LogP contribution is 1.97. The zero-order valence-electron chi connectivity index (χ0n) is 7.12. The first-order valence-electron chi connectivity index (χ1n) is 4.17. The smallest absolute Gasteiger partial charge is 0.142 e. The van der Waals surface area contributed by atoms with E-state index >= 15 is 0 Å². The Balaban J connectivity index is 3.08. The van der Waals surface area contributed by atoms with Crippen LogP contribution in [0.25, 0.3) is 0 Å². The second-order valence-corrected chi connectivity index (χ2v) is 2.37. The Kier molecular flexibility index (Phi) is 8.44. The van der Waals surface area contributed by atoms with Gasteiger partial charge in [0.05, 0.1) is 0 Å². The van der Waals surface area contributed by atoms with Crippen LogP contribution in [0.3, 0.4) is 0 Å². The molecule has 0 aromatic heterocycles. The number of carbonyl (C=O) groups excluding carboxylic acids is 1. The molecule has 0 aliphatic heterocycles. The molecule has 0 fully saturated rings. The van der Waals surface area contributed by atoms with Gasteiger partial charge in [0, 0.05) is 0 Å². The molecule has 0 aliphatic rings. The van der Waals surface area contributed by atoms with Crippen LogP contribution in [0.2, 0.25) is 0 Å². The molecule has 0 amide bonds. The lowest BCUT2D eigenvalue weighted by Crippen LogP contribution is -1.69. The Hall–Kier alpha value is -0.850. The Labute approximate surface area is 68.8 Å². The maximum atomic E-state index is 9.84. The Morgan fingerprint density at radius 3 is 2.45 bits per heavy atom. The van der Waals surface area contributed by atoms with E-state index in [2.05, 4.69) is 19.1 Å². The summed E-state index contributed by atoms with van der Waals surface area (Å²) < 4.78 is 0. The molecule has 62 valence electrons. The third kappa shape index (κ3) is 9.15. The Bertz CT molecular complexity index is 134. The van der Waals surface area contributed by atoms with Crippen molar-refractivity contribution in [3.63, 3.8) is 0 Å². The van der Waals surface area contributed by atoms with Crippen LogP contribution >= 0.6 is 0 Å². The quantitative estimate of drug-likeness (QED) is 0.247. The summed E-state index contributed by atoms with van der Waals surface area (Å²) in [7, 11) is 0. The van der Waals surface area contributed by atoms with Gasteiger partial charge in [-0.2, -0.15) is 0 Å². The van der Waals surface area contributed by atoms with Gasteiger partial charge < -0.3 is 0 Å². The van der Waals surface area contributed by atoms with Gasteiger partial charge in [-0.3, -0.25) is 4.79 Å². The number of aldehydes is 1. The monoisotopic (exact) mass is 152 g/mol. The van der Waals surface area contributed by atoms with E-state index in [1.807, 2.05) is 6.08 Å². The van der Waals surface area contributed by atoms with Gasteiger partial charge in [-0.05, 0) is 31.8 Å². The first kappa shape index (κ1) is 10.2. The zero-order valence-corrected chi connectivity index (χ0v) is 7.12. The molecule has 0 saturated carbocycles. The fraction of sp³-hybridized carbons (Fsp3) is 0.500. The summed E-state index contributed by atoms with van der Waals surface area (Å²) in [6, 6.07) is 0. The number of allylic oxidation sites excluding steroid dienone is 4. The van der Waals surface area contributed by atoms with Crippen molar-refractivity contribution in [2.24, 2.45) is 0 Å². The molecule has 0 bridgehead atoms. The van der Waals surface area contributed by atoms with Crippen molar-refractivity contribution in [1.82, 2.24) is 0 Å². The second kappa shape index (κ2) is 9.15. The molecule has 0 aliphatic carbocycles. The number of hydrogen-bond acceptors (Lipinski definition) is 1. The van der Waals surface area contributed by atoms with Crippen LogP contribution in [0.1, 0.15) is 32.6 Å². The van der Waals surface area contributed by atoms with Crippen molar-refractivity contribution in [2.45, 2.75) is 32.6 Å². The molecule has 1 nitrogen and oxygen atoms in total. The summed E-state index contributed by atoms with van der Waals surface area (Å²) in [6.45, 7) is 2.13. The first-order chi connectivity index (χ1) is 5.41. The molecular formula is C10H16O. The largest absolute Gasteiger partial charge is 0.299 e. The average molecular weight is 152 g/mol. The van der Waals surface area contributed by atoms with Crippen molar-refractivity contribution in [2.75, 3.05) is 0 Å². The van der Waals surface area contributed by atoms with Gasteiger partial charge in [0.15, 0.2) is 0 Å². The van der Waals surface area contributed by atoms with Gasteiger partial charge in [-0.25, -0.2) is 0 Å². The lowest BCUT2D eigenvalue weighted by molar-refractivity contribution is -0.104. The molecule has 0 heterocycles. The van der Waals surface area contributed by atoms with E-state index in [1.54, 1.807) is 6.08 Å². The molecule has 0 aromatic rings. The highest BCUT2D eigenvalue weighted by molar-refractivity contribution is 5.64. The van der Waals surface area contributed by atoms with Gasteiger partial charge in [-0.1, -0.05) is 25.2 Å². The molecule has 1 heteroatoms. The number of carbonyl (C=O) groups is 1. The highest BCUT2D eigenvalue weighted by atomic mass is 16.1. The summed E-state index contributed by atoms with van der Waals surface area (Å²) in [5, 5.41) is 0. The molecular weight excluding hydrogens is 136 g/mol. The minimum absolute atomic E-state index is 0.821. The van der Waals surface area contributed by atoms with E-state index < -0.39 is 0 Å². The standard InChI is InChI=1S/C10H16O/c1-2-3-4-5-6-7-8-9-10-11/h3-4,8-10H,2,5-7H2,1H3/b4-3-,9-8-. The molecule has 0 aromatic carbocycles. The van der Waals surface area contributed by atoms with Crippen molar-refractivity contribution in [3.8, 4) is 0 Å². The zero-order chi connectivity index (χ0) is 8.36. The number of hydrogen-bond donors (Lipinski definition) is 0. The van der Waals surface area contributed by atoms with Crippen molar-refractivity contribution in [1.29, 1.82) is 0 Å². The van der Waals surface area contributed by atoms with Crippen LogP contribution < -0.4 is 0 Å². The predicted molar refractivity (Wildman–Crippen MR) is 48.5 cm³/mol. The Morgan fingerprint density at radius 1 is 1.09 bits per heavy atom. The van der Waals surface area contributed by atoms with Crippen LogP contribution in [0.5, 0.6) is 0 Å². The van der Waals surface area contributed by atoms with E-state index in [0.717, 1.165) is 32.0 Å². The van der Waals surface area contributed by atoms with Crippen LogP contribution in [0.15, 0.2) is 24.3 Å². The number of rotatable bonds is 6. The van der Waals surface area contributed by atoms with Gasteiger partial charge in [0.1, 0.15) is 6.29 Å². The summed E-state index contributed by atoms with van der Waals surface area (Å²) in [5.74, 6) is 0. The van der Waals surface area contributed by atoms with Gasteiger partial charge in [0.25, 0.3) is 0 Å². The fourth-order valence-electron chi connectivity index (χ4n) is 0.790. The van der Waals surface area contributed by atoms with Gasteiger partial charge in [-0.15, -0.1) is 0 Å². The molecule has 0 spiro atoms. The third-order valence-electron chi connectivity index (χ3n) is 1.36. The summed E-state index contributed by atoms with van der Waals surface area (Å²) in [6.07, 6.45) is 13.0. The van der Waals surface area contributed by atoms with E-state index in [0.29, 0.717) is 0 Å². The molecule has 0 radical (unpaired) electrons. The molecule has 0 saturated heterocycles. The topological polar surface area (TPSA) is 17.1 Å². The van der Waals surface area contributed by atoms with E-state index in [9.17, 15) is 4.79 Å². The fourth-order valence-corrected chi connectivity index (χ4v) is 0.790. The van der Waals surface area contributed by atoms with Crippen LogP contribution in [0.4, 0.5) is 0 Å². The summed E-state index contributed by atoms with van der Waals surface area (Å²) in [4.78, 5) is 9.84. The highest BCUT2D eigenvalue weighted by Gasteiger charge is 1.78. The van der Waals surface area contributed by atoms with Crippen molar-refractivity contribution >= 4 is 6.29 Å². The van der Waals surface area contributed by atoms with Gasteiger partial charge >= 0.3 is 0 Å². The molecule has 0 N–H and O–H groups in total. The normalized spacial score (nSPS) is 11.4. The maximum absolute atomic E-state index is 9.84. The van der Waals surface area contributed by atoms with Crippen molar-refractivity contribution in [3.05, 3.63) is 24.3 Å². The Morgan fingerprint density at radius 2 is 1.82 bits per heavy atom. The van der Waals surface area contributed by atoms with Crippen LogP contribution in [-0.4, -0.2) is 6.29 Å². The van der Waals surface area contributed by atoms with Crippen molar-refractivity contribution < 1.29 is 4.79 Å². The maximum Gasteiger partial charge on any atom is 0.142 e. The minimum atomic E-state index is 0.821. The van der Waals surface area contributed by atoms with Crippen LogP contribution in [0, 0.1) is 0 Å². The number of unbranched alkanes of at least 4 members (excludes halogenated alkanes) is 2. The van der Waals surface area contributed by atoms with Gasteiger partial charge in [0.2, 0.25) is 0 Å². The van der Waals surface area contributed by atoms with E-state index in [-0.39, 0.29) is 0 Å². The van der Waals surface area contributed by atoms with Crippen LogP contribution in [-0.2, 0) is 4.79 Å². The average Bonchev–Trinajstić information content (AvgIpc) is 2.03. The first-order valence-corrected chi connectivity index (χ1v) is 4.17. The van der Waals surface area contributed by atoms with E-state index in [4.69, 9.17) is 0 Å². The molecule has 0 atom stereocenters. The lowest BCUT2D eigenvalue weighted by Gasteiger charge is -1.87. The second-order valence-electron chi connectivity index (χ2n) is 2.37. The summed E-state index contributed by atoms with van der Waals surface area (Å²) >= 11 is 0. The predicted octanol–water partition coefficient (Wildman–Crippen LogP) is 2.88. The SMILES string of the molecule is CC/C=C\CCC/C=C\C=O. The third-order valence-corrected chi connectivity index (χ3v) is 1.36. The molecule has 0 rings (SSSR count).